The van der Waals surface area contributed by atoms with Crippen LogP contribution in [-0.2, 0) is 6.42 Å². The van der Waals surface area contributed by atoms with Crippen molar-refractivity contribution in [3.8, 4) is 0 Å². The highest BCUT2D eigenvalue weighted by molar-refractivity contribution is 6.08. The third-order valence-corrected chi connectivity index (χ3v) is 5.03. The molecule has 2 aromatic carbocycles. The van der Waals surface area contributed by atoms with Crippen molar-refractivity contribution in [2.45, 2.75) is 20.3 Å². The van der Waals surface area contributed by atoms with Gasteiger partial charge in [0.2, 0.25) is 0 Å². The van der Waals surface area contributed by atoms with Gasteiger partial charge in [-0.25, -0.2) is 4.98 Å². The molecule has 1 aliphatic heterocycles. The highest BCUT2D eigenvalue weighted by Crippen LogP contribution is 2.35. The topological polar surface area (TPSA) is 45.2 Å². The summed E-state index contributed by atoms with van der Waals surface area (Å²) in [5, 5.41) is 3.05. The summed E-state index contributed by atoms with van der Waals surface area (Å²) in [4.78, 5) is 19.6. The molecule has 0 unspecified atom stereocenters. The molecule has 0 saturated carbocycles. The number of rotatable bonds is 3. The highest BCUT2D eigenvalue weighted by atomic mass is 16.1. The molecule has 1 aliphatic rings. The number of benzene rings is 2. The second-order valence-electron chi connectivity index (χ2n) is 6.61. The lowest BCUT2D eigenvalue weighted by Crippen LogP contribution is -2.21. The molecular weight excluding hydrogens is 322 g/mol. The van der Waals surface area contributed by atoms with Gasteiger partial charge in [0.25, 0.3) is 5.91 Å². The molecule has 4 heteroatoms. The van der Waals surface area contributed by atoms with E-state index in [0.29, 0.717) is 11.4 Å². The van der Waals surface area contributed by atoms with Crippen LogP contribution >= 0.6 is 0 Å². The fourth-order valence-corrected chi connectivity index (χ4v) is 3.42. The maximum absolute atomic E-state index is 13.0. The number of aryl methyl sites for hydroxylation is 1. The van der Waals surface area contributed by atoms with E-state index in [0.717, 1.165) is 35.5 Å². The standard InChI is InChI=1S/C22H21N3O/c1-15-7-5-10-19(16(15)2)24-22(26)18-9-6-13-23-21(18)25-14-12-17-8-3-4-11-20(17)25/h3-11,13H,12,14H2,1-2H3,(H,24,26). The van der Waals surface area contributed by atoms with Gasteiger partial charge in [0.15, 0.2) is 0 Å². The third-order valence-electron chi connectivity index (χ3n) is 5.03. The Hall–Kier alpha value is -3.14. The van der Waals surface area contributed by atoms with Crippen molar-refractivity contribution in [1.82, 2.24) is 4.98 Å². The second-order valence-corrected chi connectivity index (χ2v) is 6.61. The first-order valence-corrected chi connectivity index (χ1v) is 8.83. The van der Waals surface area contributed by atoms with Gasteiger partial charge < -0.3 is 10.2 Å². The van der Waals surface area contributed by atoms with Crippen LogP contribution in [0.1, 0.15) is 27.0 Å². The third kappa shape index (κ3) is 2.84. The minimum Gasteiger partial charge on any atom is -0.325 e. The lowest BCUT2D eigenvalue weighted by Gasteiger charge is -2.21. The van der Waals surface area contributed by atoms with E-state index in [1.165, 1.54) is 5.56 Å². The predicted octanol–water partition coefficient (Wildman–Crippen LogP) is 4.64. The van der Waals surface area contributed by atoms with Crippen LogP contribution < -0.4 is 10.2 Å². The van der Waals surface area contributed by atoms with Crippen LogP contribution in [0.15, 0.2) is 60.8 Å². The van der Waals surface area contributed by atoms with Crippen LogP contribution in [0.2, 0.25) is 0 Å². The summed E-state index contributed by atoms with van der Waals surface area (Å²) >= 11 is 0. The zero-order chi connectivity index (χ0) is 18.1. The molecule has 0 spiro atoms. The van der Waals surface area contributed by atoms with E-state index in [-0.39, 0.29) is 5.91 Å². The molecule has 1 amide bonds. The molecule has 26 heavy (non-hydrogen) atoms. The van der Waals surface area contributed by atoms with E-state index < -0.39 is 0 Å². The molecule has 130 valence electrons. The molecule has 2 heterocycles. The normalized spacial score (nSPS) is 12.8. The van der Waals surface area contributed by atoms with Crippen LogP contribution in [0.5, 0.6) is 0 Å². The Kier molecular flexibility index (Phi) is 4.17. The van der Waals surface area contributed by atoms with Crippen molar-refractivity contribution in [2.75, 3.05) is 16.8 Å². The number of hydrogen-bond acceptors (Lipinski definition) is 3. The Balaban J connectivity index is 1.68. The summed E-state index contributed by atoms with van der Waals surface area (Å²) in [5.41, 5.74) is 6.09. The van der Waals surface area contributed by atoms with Gasteiger partial charge in [0.1, 0.15) is 5.82 Å². The van der Waals surface area contributed by atoms with E-state index in [1.54, 1.807) is 6.20 Å². The van der Waals surface area contributed by atoms with Crippen molar-refractivity contribution in [3.63, 3.8) is 0 Å². The number of para-hydroxylation sites is 1. The van der Waals surface area contributed by atoms with Gasteiger partial charge >= 0.3 is 0 Å². The number of carbonyl (C=O) groups excluding carboxylic acids is 1. The number of pyridine rings is 1. The Labute approximate surface area is 153 Å². The summed E-state index contributed by atoms with van der Waals surface area (Å²) in [6.45, 7) is 4.90. The lowest BCUT2D eigenvalue weighted by molar-refractivity contribution is 0.102. The number of aromatic nitrogens is 1. The number of hydrogen-bond donors (Lipinski definition) is 1. The quantitative estimate of drug-likeness (QED) is 0.753. The van der Waals surface area contributed by atoms with E-state index in [4.69, 9.17) is 0 Å². The van der Waals surface area contributed by atoms with E-state index in [9.17, 15) is 4.79 Å². The predicted molar refractivity (Wildman–Crippen MR) is 105 cm³/mol. The van der Waals surface area contributed by atoms with Crippen molar-refractivity contribution in [3.05, 3.63) is 83.0 Å². The van der Waals surface area contributed by atoms with E-state index >= 15 is 0 Å². The Bertz CT molecular complexity index is 981. The molecule has 4 rings (SSSR count). The van der Waals surface area contributed by atoms with Gasteiger partial charge in [0, 0.05) is 24.1 Å². The summed E-state index contributed by atoms with van der Waals surface area (Å²) in [7, 11) is 0. The Morgan fingerprint density at radius 2 is 1.88 bits per heavy atom. The maximum atomic E-state index is 13.0. The van der Waals surface area contributed by atoms with Gasteiger partial charge in [-0.2, -0.15) is 0 Å². The first-order valence-electron chi connectivity index (χ1n) is 8.83. The molecule has 0 saturated heterocycles. The molecule has 1 aromatic heterocycles. The smallest absolute Gasteiger partial charge is 0.259 e. The molecule has 0 fully saturated rings. The highest BCUT2D eigenvalue weighted by Gasteiger charge is 2.25. The summed E-state index contributed by atoms with van der Waals surface area (Å²) < 4.78 is 0. The number of nitrogens with zero attached hydrogens (tertiary/aromatic N) is 2. The van der Waals surface area contributed by atoms with Gasteiger partial charge in [-0.3, -0.25) is 4.79 Å². The SMILES string of the molecule is Cc1cccc(NC(=O)c2cccnc2N2CCc3ccccc32)c1C. The molecule has 3 aromatic rings. The van der Waals surface area contributed by atoms with E-state index in [2.05, 4.69) is 33.4 Å². The number of fused-ring (bicyclic) bond motifs is 1. The average Bonchev–Trinajstić information content (AvgIpc) is 3.09. The molecule has 0 atom stereocenters. The summed E-state index contributed by atoms with van der Waals surface area (Å²) in [6, 6.07) is 17.9. The van der Waals surface area contributed by atoms with Gasteiger partial charge in [-0.15, -0.1) is 0 Å². The molecule has 0 bridgehead atoms. The Morgan fingerprint density at radius 3 is 2.77 bits per heavy atom. The molecule has 1 N–H and O–H groups in total. The number of amides is 1. The van der Waals surface area contributed by atoms with Crippen LogP contribution in [0.4, 0.5) is 17.2 Å². The minimum atomic E-state index is -0.133. The Morgan fingerprint density at radius 1 is 1.04 bits per heavy atom. The monoisotopic (exact) mass is 343 g/mol. The number of carbonyl (C=O) groups is 1. The maximum Gasteiger partial charge on any atom is 0.259 e. The fourth-order valence-electron chi connectivity index (χ4n) is 3.42. The number of anilines is 3. The lowest BCUT2D eigenvalue weighted by atomic mass is 10.1. The van der Waals surface area contributed by atoms with Crippen LogP contribution in [-0.4, -0.2) is 17.4 Å². The summed E-state index contributed by atoms with van der Waals surface area (Å²) in [6.07, 6.45) is 2.70. The van der Waals surface area contributed by atoms with Gasteiger partial charge in [-0.1, -0.05) is 30.3 Å². The summed E-state index contributed by atoms with van der Waals surface area (Å²) in [5.74, 6) is 0.575. The van der Waals surface area contributed by atoms with Gasteiger partial charge in [0.05, 0.1) is 5.56 Å². The molecular formula is C22H21N3O. The zero-order valence-corrected chi connectivity index (χ0v) is 15.0. The van der Waals surface area contributed by atoms with Crippen LogP contribution in [0.25, 0.3) is 0 Å². The van der Waals surface area contributed by atoms with Crippen molar-refractivity contribution >= 4 is 23.1 Å². The molecule has 0 aliphatic carbocycles. The van der Waals surface area contributed by atoms with Crippen molar-refractivity contribution in [2.24, 2.45) is 0 Å². The molecule has 4 nitrogen and oxygen atoms in total. The zero-order valence-electron chi connectivity index (χ0n) is 15.0. The first-order chi connectivity index (χ1) is 12.6. The molecule has 0 radical (unpaired) electrons. The fraction of sp³-hybridized carbons (Fsp3) is 0.182. The van der Waals surface area contributed by atoms with Crippen LogP contribution in [0.3, 0.4) is 0 Å². The van der Waals surface area contributed by atoms with E-state index in [1.807, 2.05) is 50.2 Å². The number of nitrogens with one attached hydrogen (secondary N) is 1. The van der Waals surface area contributed by atoms with Crippen LogP contribution in [0, 0.1) is 13.8 Å². The largest absolute Gasteiger partial charge is 0.325 e. The van der Waals surface area contributed by atoms with Gasteiger partial charge in [-0.05, 0) is 61.2 Å². The van der Waals surface area contributed by atoms with Crippen molar-refractivity contribution in [1.29, 1.82) is 0 Å². The minimum absolute atomic E-state index is 0.133. The van der Waals surface area contributed by atoms with Crippen molar-refractivity contribution < 1.29 is 4.79 Å². The average molecular weight is 343 g/mol. The first kappa shape index (κ1) is 16.3. The second kappa shape index (κ2) is 6.64.